The van der Waals surface area contributed by atoms with Crippen molar-refractivity contribution in [1.29, 1.82) is 0 Å². The summed E-state index contributed by atoms with van der Waals surface area (Å²) in [5.41, 5.74) is 8.43. The molecule has 1 aliphatic heterocycles. The number of carbonyl (C=O) groups is 1. The van der Waals surface area contributed by atoms with Gasteiger partial charge in [0.1, 0.15) is 16.9 Å². The van der Waals surface area contributed by atoms with Crippen LogP contribution in [0.3, 0.4) is 0 Å². The number of benzene rings is 2. The summed E-state index contributed by atoms with van der Waals surface area (Å²) in [5, 5.41) is -0.161. The SMILES string of the molecule is COc1ccc(N2C(=O)CS[C@@H]2c2ccccc2N)c(OC)c1. The van der Waals surface area contributed by atoms with E-state index in [1.54, 1.807) is 36.9 Å². The van der Waals surface area contributed by atoms with E-state index in [-0.39, 0.29) is 11.3 Å². The number of nitrogen functional groups attached to an aromatic ring is 1. The third-order valence-electron chi connectivity index (χ3n) is 3.78. The minimum absolute atomic E-state index is 0.0340. The molecule has 0 unspecified atom stereocenters. The molecule has 0 spiro atoms. The number of hydrogen-bond acceptors (Lipinski definition) is 5. The van der Waals surface area contributed by atoms with Gasteiger partial charge in [-0.05, 0) is 18.2 Å². The number of para-hydroxylation sites is 1. The Labute approximate surface area is 139 Å². The summed E-state index contributed by atoms with van der Waals surface area (Å²) in [7, 11) is 3.18. The molecule has 6 heteroatoms. The van der Waals surface area contributed by atoms with Crippen molar-refractivity contribution in [3.63, 3.8) is 0 Å². The number of ether oxygens (including phenoxy) is 2. The molecule has 1 amide bonds. The van der Waals surface area contributed by atoms with Crippen LogP contribution < -0.4 is 20.1 Å². The monoisotopic (exact) mass is 330 g/mol. The van der Waals surface area contributed by atoms with E-state index in [0.717, 1.165) is 11.3 Å². The summed E-state index contributed by atoms with van der Waals surface area (Å²) in [5.74, 6) is 1.72. The highest BCUT2D eigenvalue weighted by Gasteiger charge is 2.36. The van der Waals surface area contributed by atoms with Gasteiger partial charge in [-0.15, -0.1) is 11.8 Å². The Hall–Kier alpha value is -2.34. The zero-order valence-corrected chi connectivity index (χ0v) is 13.8. The number of carbonyl (C=O) groups excluding carboxylic acids is 1. The lowest BCUT2D eigenvalue weighted by molar-refractivity contribution is -0.115. The Balaban J connectivity index is 2.06. The van der Waals surface area contributed by atoms with E-state index >= 15 is 0 Å². The molecule has 1 aliphatic rings. The number of nitrogens with zero attached hydrogens (tertiary/aromatic N) is 1. The van der Waals surface area contributed by atoms with Crippen molar-refractivity contribution in [2.75, 3.05) is 30.6 Å². The van der Waals surface area contributed by atoms with Crippen molar-refractivity contribution >= 4 is 29.0 Å². The Morgan fingerprint density at radius 3 is 2.65 bits per heavy atom. The van der Waals surface area contributed by atoms with Gasteiger partial charge in [-0.3, -0.25) is 9.69 Å². The van der Waals surface area contributed by atoms with Gasteiger partial charge in [-0.2, -0.15) is 0 Å². The molecule has 0 radical (unpaired) electrons. The zero-order valence-electron chi connectivity index (χ0n) is 13.0. The number of anilines is 2. The van der Waals surface area contributed by atoms with Gasteiger partial charge in [0.2, 0.25) is 5.91 Å². The van der Waals surface area contributed by atoms with Crippen LogP contribution in [0.5, 0.6) is 11.5 Å². The highest BCUT2D eigenvalue weighted by atomic mass is 32.2. The molecule has 0 saturated carbocycles. The highest BCUT2D eigenvalue weighted by molar-refractivity contribution is 8.00. The number of nitrogens with two attached hydrogens (primary N) is 1. The Morgan fingerprint density at radius 2 is 1.96 bits per heavy atom. The van der Waals surface area contributed by atoms with Gasteiger partial charge in [-0.25, -0.2) is 0 Å². The van der Waals surface area contributed by atoms with Gasteiger partial charge in [0, 0.05) is 17.3 Å². The fourth-order valence-corrected chi connectivity index (χ4v) is 3.85. The molecule has 120 valence electrons. The molecular formula is C17H18N2O3S. The van der Waals surface area contributed by atoms with E-state index in [0.29, 0.717) is 22.9 Å². The first-order valence-electron chi connectivity index (χ1n) is 7.15. The quantitative estimate of drug-likeness (QED) is 0.873. The van der Waals surface area contributed by atoms with E-state index in [9.17, 15) is 4.79 Å². The van der Waals surface area contributed by atoms with Crippen LogP contribution in [-0.4, -0.2) is 25.9 Å². The third kappa shape index (κ3) is 2.82. The van der Waals surface area contributed by atoms with E-state index in [2.05, 4.69) is 0 Å². The first-order valence-corrected chi connectivity index (χ1v) is 8.20. The van der Waals surface area contributed by atoms with Crippen LogP contribution in [0, 0.1) is 0 Å². The zero-order chi connectivity index (χ0) is 16.4. The lowest BCUT2D eigenvalue weighted by Crippen LogP contribution is -2.28. The Bertz CT molecular complexity index is 736. The van der Waals surface area contributed by atoms with Gasteiger partial charge in [-0.1, -0.05) is 18.2 Å². The predicted octanol–water partition coefficient (Wildman–Crippen LogP) is 3.06. The topological polar surface area (TPSA) is 64.8 Å². The van der Waals surface area contributed by atoms with Gasteiger partial charge in [0.25, 0.3) is 0 Å². The predicted molar refractivity (Wildman–Crippen MR) is 93.1 cm³/mol. The van der Waals surface area contributed by atoms with Gasteiger partial charge < -0.3 is 15.2 Å². The van der Waals surface area contributed by atoms with Crippen LogP contribution in [0.1, 0.15) is 10.9 Å². The number of amides is 1. The average Bonchev–Trinajstić information content (AvgIpc) is 2.96. The van der Waals surface area contributed by atoms with Crippen molar-refractivity contribution in [3.05, 3.63) is 48.0 Å². The molecule has 0 bridgehead atoms. The summed E-state index contributed by atoms with van der Waals surface area (Å²) in [6.45, 7) is 0. The standard InChI is InChI=1S/C17H18N2O3S/c1-21-11-7-8-14(15(9-11)22-2)19-16(20)10-23-17(19)12-5-3-4-6-13(12)18/h3-9,17H,10,18H2,1-2H3/t17-/m1/s1. The van der Waals surface area contributed by atoms with Crippen LogP contribution in [0.25, 0.3) is 0 Å². The summed E-state index contributed by atoms with van der Waals surface area (Å²) in [6, 6.07) is 13.1. The van der Waals surface area contributed by atoms with Crippen molar-refractivity contribution < 1.29 is 14.3 Å². The van der Waals surface area contributed by atoms with E-state index < -0.39 is 0 Å². The van der Waals surface area contributed by atoms with E-state index in [4.69, 9.17) is 15.2 Å². The molecule has 2 N–H and O–H groups in total. The minimum Gasteiger partial charge on any atom is -0.497 e. The van der Waals surface area contributed by atoms with Crippen LogP contribution in [-0.2, 0) is 4.79 Å². The third-order valence-corrected chi connectivity index (χ3v) is 4.97. The Morgan fingerprint density at radius 1 is 1.17 bits per heavy atom. The minimum atomic E-state index is -0.161. The molecule has 0 aromatic heterocycles. The van der Waals surface area contributed by atoms with Crippen molar-refractivity contribution in [3.8, 4) is 11.5 Å². The molecule has 1 heterocycles. The Kier molecular flexibility index (Phi) is 4.34. The first-order chi connectivity index (χ1) is 11.2. The average molecular weight is 330 g/mol. The largest absolute Gasteiger partial charge is 0.497 e. The summed E-state index contributed by atoms with van der Waals surface area (Å²) in [6.07, 6.45) is 0. The maximum atomic E-state index is 12.5. The summed E-state index contributed by atoms with van der Waals surface area (Å²) >= 11 is 1.56. The molecule has 1 saturated heterocycles. The molecule has 23 heavy (non-hydrogen) atoms. The number of rotatable bonds is 4. The molecule has 1 fully saturated rings. The van der Waals surface area contributed by atoms with Crippen molar-refractivity contribution in [2.24, 2.45) is 0 Å². The molecule has 2 aromatic rings. The fourth-order valence-electron chi connectivity index (χ4n) is 2.63. The van der Waals surface area contributed by atoms with Crippen LogP contribution in [0.4, 0.5) is 11.4 Å². The lowest BCUT2D eigenvalue weighted by Gasteiger charge is -2.27. The molecule has 3 rings (SSSR count). The second kappa shape index (κ2) is 6.42. The normalized spacial score (nSPS) is 17.4. The second-order valence-corrected chi connectivity index (χ2v) is 6.16. The first kappa shape index (κ1) is 15.6. The highest BCUT2D eigenvalue weighted by Crippen LogP contribution is 2.46. The molecule has 0 aliphatic carbocycles. The molecular weight excluding hydrogens is 312 g/mol. The molecule has 5 nitrogen and oxygen atoms in total. The number of hydrogen-bond donors (Lipinski definition) is 1. The van der Waals surface area contributed by atoms with Gasteiger partial charge >= 0.3 is 0 Å². The van der Waals surface area contributed by atoms with E-state index in [1.807, 2.05) is 36.4 Å². The molecule has 2 aromatic carbocycles. The molecule has 1 atom stereocenters. The fraction of sp³-hybridized carbons (Fsp3) is 0.235. The van der Waals surface area contributed by atoms with Crippen LogP contribution in [0.15, 0.2) is 42.5 Å². The number of methoxy groups -OCH3 is 2. The van der Waals surface area contributed by atoms with Gasteiger partial charge in [0.05, 0.1) is 25.7 Å². The number of thioether (sulfide) groups is 1. The van der Waals surface area contributed by atoms with Crippen LogP contribution >= 0.6 is 11.8 Å². The maximum Gasteiger partial charge on any atom is 0.238 e. The smallest absolute Gasteiger partial charge is 0.238 e. The van der Waals surface area contributed by atoms with E-state index in [1.165, 1.54) is 0 Å². The lowest BCUT2D eigenvalue weighted by atomic mass is 10.1. The van der Waals surface area contributed by atoms with Crippen molar-refractivity contribution in [1.82, 2.24) is 0 Å². The van der Waals surface area contributed by atoms with Gasteiger partial charge in [0.15, 0.2) is 0 Å². The second-order valence-electron chi connectivity index (χ2n) is 5.09. The van der Waals surface area contributed by atoms with Crippen LogP contribution in [0.2, 0.25) is 0 Å². The van der Waals surface area contributed by atoms with Crippen molar-refractivity contribution in [2.45, 2.75) is 5.37 Å². The maximum absolute atomic E-state index is 12.5. The summed E-state index contributed by atoms with van der Waals surface area (Å²) in [4.78, 5) is 14.2. The summed E-state index contributed by atoms with van der Waals surface area (Å²) < 4.78 is 10.7.